The highest BCUT2D eigenvalue weighted by Crippen LogP contribution is 2.06. The maximum atomic E-state index is 11.8. The molecule has 1 heterocycles. The second kappa shape index (κ2) is 5.96. The first-order valence-corrected chi connectivity index (χ1v) is 5.65. The molecule has 1 aliphatic rings. The molecule has 0 bridgehead atoms. The van der Waals surface area contributed by atoms with Crippen molar-refractivity contribution in [2.45, 2.75) is 25.8 Å². The van der Waals surface area contributed by atoms with E-state index in [1.165, 1.54) is 0 Å². The van der Waals surface area contributed by atoms with Crippen LogP contribution in [0.5, 0.6) is 0 Å². The van der Waals surface area contributed by atoms with Crippen molar-refractivity contribution in [2.75, 3.05) is 33.3 Å². The molecule has 16 heavy (non-hydrogen) atoms. The predicted octanol–water partition coefficient (Wildman–Crippen LogP) is -0.509. The number of carbonyl (C=O) groups is 2. The van der Waals surface area contributed by atoms with Gasteiger partial charge in [0.25, 0.3) is 0 Å². The summed E-state index contributed by atoms with van der Waals surface area (Å²) in [6.45, 7) is 3.29. The topological polar surface area (TPSA) is 60.9 Å². The third-order valence-electron chi connectivity index (χ3n) is 3.08. The van der Waals surface area contributed by atoms with Crippen LogP contribution in [-0.4, -0.2) is 65.9 Å². The van der Waals surface area contributed by atoms with Crippen LogP contribution < -0.4 is 0 Å². The fourth-order valence-corrected chi connectivity index (χ4v) is 1.61. The van der Waals surface area contributed by atoms with E-state index in [4.69, 9.17) is 5.11 Å². The van der Waals surface area contributed by atoms with Crippen LogP contribution in [0.3, 0.4) is 0 Å². The number of likely N-dealkylation sites (tertiary alicyclic amines) is 1. The Balaban J connectivity index is 2.37. The molecule has 1 unspecified atom stereocenters. The van der Waals surface area contributed by atoms with Gasteiger partial charge in [-0.1, -0.05) is 0 Å². The second-order valence-electron chi connectivity index (χ2n) is 4.37. The summed E-state index contributed by atoms with van der Waals surface area (Å²) in [6.07, 6.45) is 0.954. The van der Waals surface area contributed by atoms with Crippen LogP contribution >= 0.6 is 0 Å². The first-order chi connectivity index (χ1) is 7.54. The van der Waals surface area contributed by atoms with E-state index in [-0.39, 0.29) is 24.3 Å². The lowest BCUT2D eigenvalue weighted by atomic mass is 10.1. The van der Waals surface area contributed by atoms with Crippen LogP contribution in [0.4, 0.5) is 0 Å². The molecule has 5 heteroatoms. The van der Waals surface area contributed by atoms with Crippen molar-refractivity contribution in [2.24, 2.45) is 0 Å². The fourth-order valence-electron chi connectivity index (χ4n) is 1.61. The predicted molar refractivity (Wildman–Crippen MR) is 60.0 cm³/mol. The van der Waals surface area contributed by atoms with E-state index in [1.807, 2.05) is 18.9 Å². The lowest BCUT2D eigenvalue weighted by Crippen LogP contribution is -2.45. The molecule has 0 aromatic heterocycles. The van der Waals surface area contributed by atoms with E-state index in [0.29, 0.717) is 32.5 Å². The first-order valence-electron chi connectivity index (χ1n) is 5.65. The van der Waals surface area contributed by atoms with Gasteiger partial charge in [0.15, 0.2) is 0 Å². The summed E-state index contributed by atoms with van der Waals surface area (Å²) >= 11 is 0. The van der Waals surface area contributed by atoms with Gasteiger partial charge >= 0.3 is 0 Å². The highest BCUT2D eigenvalue weighted by molar-refractivity contribution is 5.84. The molecule has 1 atom stereocenters. The van der Waals surface area contributed by atoms with Gasteiger partial charge in [0.2, 0.25) is 5.91 Å². The van der Waals surface area contributed by atoms with E-state index < -0.39 is 0 Å². The summed E-state index contributed by atoms with van der Waals surface area (Å²) in [5.74, 6) is 0.274. The molecule has 1 amide bonds. The molecule has 0 aromatic rings. The zero-order valence-electron chi connectivity index (χ0n) is 9.98. The number of nitrogens with zero attached hydrogens (tertiary/aromatic N) is 2. The largest absolute Gasteiger partial charge is 0.395 e. The Morgan fingerprint density at radius 1 is 1.50 bits per heavy atom. The third-order valence-corrected chi connectivity index (χ3v) is 3.08. The zero-order chi connectivity index (χ0) is 12.1. The zero-order valence-corrected chi connectivity index (χ0v) is 9.98. The van der Waals surface area contributed by atoms with Crippen LogP contribution in [0.15, 0.2) is 0 Å². The molecular formula is C11H20N2O3. The Kier molecular flexibility index (Phi) is 4.89. The number of aliphatic hydroxyl groups excluding tert-OH is 1. The van der Waals surface area contributed by atoms with Crippen molar-refractivity contribution in [1.82, 2.24) is 9.80 Å². The van der Waals surface area contributed by atoms with Crippen LogP contribution in [-0.2, 0) is 9.59 Å². The van der Waals surface area contributed by atoms with Gasteiger partial charge in [-0.2, -0.15) is 0 Å². The van der Waals surface area contributed by atoms with Gasteiger partial charge in [0.05, 0.1) is 13.2 Å². The molecular weight excluding hydrogens is 208 g/mol. The number of piperidine rings is 1. The molecule has 1 saturated heterocycles. The summed E-state index contributed by atoms with van der Waals surface area (Å²) in [4.78, 5) is 26.4. The number of likely N-dealkylation sites (N-methyl/N-ethyl adjacent to an activating group) is 1. The summed E-state index contributed by atoms with van der Waals surface area (Å²) in [5, 5.41) is 8.95. The monoisotopic (exact) mass is 228 g/mol. The Bertz CT molecular complexity index is 258. The molecule has 0 radical (unpaired) electrons. The smallest absolute Gasteiger partial charge is 0.236 e. The average molecular weight is 228 g/mol. The lowest BCUT2D eigenvalue weighted by Gasteiger charge is -2.29. The van der Waals surface area contributed by atoms with Crippen molar-refractivity contribution in [3.05, 3.63) is 0 Å². The van der Waals surface area contributed by atoms with Crippen molar-refractivity contribution < 1.29 is 14.7 Å². The standard InChI is InChI=1S/C11H20N2O3/c1-9(8-14)12(2)7-11(16)13-5-3-10(15)4-6-13/h9,14H,3-8H2,1-2H3. The number of Topliss-reactive ketones (excluding diaryl/α,β-unsaturated/α-hetero) is 1. The van der Waals surface area contributed by atoms with Gasteiger partial charge in [0.1, 0.15) is 5.78 Å². The minimum atomic E-state index is -0.0182. The third kappa shape index (κ3) is 3.57. The summed E-state index contributed by atoms with van der Waals surface area (Å²) in [7, 11) is 1.81. The summed E-state index contributed by atoms with van der Waals surface area (Å²) in [5.41, 5.74) is 0. The Morgan fingerprint density at radius 2 is 2.06 bits per heavy atom. The number of aliphatic hydroxyl groups is 1. The van der Waals surface area contributed by atoms with Gasteiger partial charge in [-0.15, -0.1) is 0 Å². The van der Waals surface area contributed by atoms with Gasteiger partial charge in [-0.25, -0.2) is 0 Å². The van der Waals surface area contributed by atoms with Crippen molar-refractivity contribution in [3.63, 3.8) is 0 Å². The Hall–Kier alpha value is -0.940. The molecule has 0 aliphatic carbocycles. The number of carbonyl (C=O) groups excluding carboxylic acids is 2. The maximum absolute atomic E-state index is 11.8. The highest BCUT2D eigenvalue weighted by atomic mass is 16.3. The SMILES string of the molecule is CC(CO)N(C)CC(=O)N1CCC(=O)CC1. The van der Waals surface area contributed by atoms with E-state index in [1.54, 1.807) is 4.90 Å². The van der Waals surface area contributed by atoms with E-state index in [2.05, 4.69) is 0 Å². The Morgan fingerprint density at radius 3 is 2.56 bits per heavy atom. The quantitative estimate of drug-likeness (QED) is 0.704. The van der Waals surface area contributed by atoms with Gasteiger partial charge < -0.3 is 10.0 Å². The minimum absolute atomic E-state index is 0.0182. The number of ketones is 1. The molecule has 0 saturated carbocycles. The normalized spacial score (nSPS) is 19.0. The number of hydrogen-bond acceptors (Lipinski definition) is 4. The van der Waals surface area contributed by atoms with Crippen LogP contribution in [0.25, 0.3) is 0 Å². The molecule has 0 aromatic carbocycles. The van der Waals surface area contributed by atoms with Crippen molar-refractivity contribution in [1.29, 1.82) is 0 Å². The molecule has 1 fully saturated rings. The van der Waals surface area contributed by atoms with Crippen LogP contribution in [0.1, 0.15) is 19.8 Å². The highest BCUT2D eigenvalue weighted by Gasteiger charge is 2.22. The number of amides is 1. The van der Waals surface area contributed by atoms with Gasteiger partial charge in [-0.3, -0.25) is 14.5 Å². The van der Waals surface area contributed by atoms with E-state index >= 15 is 0 Å². The first kappa shape index (κ1) is 13.1. The summed E-state index contributed by atoms with van der Waals surface area (Å²) in [6, 6.07) is -0.0182. The van der Waals surface area contributed by atoms with Crippen molar-refractivity contribution in [3.8, 4) is 0 Å². The minimum Gasteiger partial charge on any atom is -0.395 e. The number of rotatable bonds is 4. The van der Waals surface area contributed by atoms with Gasteiger partial charge in [0, 0.05) is 32.0 Å². The lowest BCUT2D eigenvalue weighted by molar-refractivity contribution is -0.135. The molecule has 1 N–H and O–H groups in total. The molecule has 5 nitrogen and oxygen atoms in total. The summed E-state index contributed by atoms with van der Waals surface area (Å²) < 4.78 is 0. The maximum Gasteiger partial charge on any atom is 0.236 e. The van der Waals surface area contributed by atoms with Crippen molar-refractivity contribution >= 4 is 11.7 Å². The van der Waals surface area contributed by atoms with Gasteiger partial charge in [-0.05, 0) is 14.0 Å². The Labute approximate surface area is 96.0 Å². The molecule has 92 valence electrons. The van der Waals surface area contributed by atoms with Crippen LogP contribution in [0, 0.1) is 0 Å². The van der Waals surface area contributed by atoms with E-state index in [0.717, 1.165) is 0 Å². The van der Waals surface area contributed by atoms with E-state index in [9.17, 15) is 9.59 Å². The second-order valence-corrected chi connectivity index (χ2v) is 4.37. The average Bonchev–Trinajstić information content (AvgIpc) is 2.28. The molecule has 1 aliphatic heterocycles. The number of hydrogen-bond donors (Lipinski definition) is 1. The molecule has 0 spiro atoms. The molecule has 1 rings (SSSR count). The van der Waals surface area contributed by atoms with Crippen LogP contribution in [0.2, 0.25) is 0 Å². The fraction of sp³-hybridized carbons (Fsp3) is 0.818.